The predicted molar refractivity (Wildman–Crippen MR) is 79.3 cm³/mol. The third kappa shape index (κ3) is 5.76. The molecule has 0 aliphatic rings. The molecule has 27 heavy (non-hydrogen) atoms. The maximum absolute atomic E-state index is 12.8. The van der Waals surface area contributed by atoms with Crippen LogP contribution in [0.1, 0.15) is 27.2 Å². The van der Waals surface area contributed by atoms with Gasteiger partial charge in [0, 0.05) is 5.56 Å². The lowest BCUT2D eigenvalue weighted by molar-refractivity contribution is -0.143. The van der Waals surface area contributed by atoms with Gasteiger partial charge in [0.15, 0.2) is 0 Å². The maximum Gasteiger partial charge on any atom is 0.416 e. The first-order valence-corrected chi connectivity index (χ1v) is 7.33. The van der Waals surface area contributed by atoms with Gasteiger partial charge in [-0.25, -0.2) is 0 Å². The van der Waals surface area contributed by atoms with E-state index in [2.05, 4.69) is 5.32 Å². The van der Waals surface area contributed by atoms with Crippen LogP contribution >= 0.6 is 0 Å². The molecule has 1 heterocycles. The number of halogens is 6. The summed E-state index contributed by atoms with van der Waals surface area (Å²) >= 11 is 0. The van der Waals surface area contributed by atoms with E-state index in [0.29, 0.717) is 5.76 Å². The summed E-state index contributed by atoms with van der Waals surface area (Å²) in [5, 5.41) is 4.33. The highest BCUT2D eigenvalue weighted by Gasteiger charge is 2.37. The number of carbonyl (C=O) groups excluding carboxylic acids is 2. The molecule has 11 heteroatoms. The number of rotatable bonds is 5. The van der Waals surface area contributed by atoms with Crippen LogP contribution < -0.4 is 10.6 Å². The molecule has 0 saturated carbocycles. The fourth-order valence-electron chi connectivity index (χ4n) is 2.01. The molecular formula is C16H12F6N2O3. The van der Waals surface area contributed by atoms with Crippen LogP contribution in [-0.2, 0) is 23.7 Å². The van der Waals surface area contributed by atoms with Gasteiger partial charge < -0.3 is 15.1 Å². The van der Waals surface area contributed by atoms with E-state index in [1.165, 1.54) is 6.26 Å². The summed E-state index contributed by atoms with van der Waals surface area (Å²) in [6.45, 7) is -0.638. The summed E-state index contributed by atoms with van der Waals surface area (Å²) in [5.74, 6) is -1.54. The molecule has 0 unspecified atom stereocenters. The van der Waals surface area contributed by atoms with Gasteiger partial charge in [-0.2, -0.15) is 26.3 Å². The molecule has 0 aliphatic heterocycles. The van der Waals surface area contributed by atoms with Crippen molar-refractivity contribution in [1.29, 1.82) is 0 Å². The predicted octanol–water partition coefficient (Wildman–Crippen LogP) is 3.36. The van der Waals surface area contributed by atoms with E-state index in [1.807, 2.05) is 5.32 Å². The molecule has 0 fully saturated rings. The Morgan fingerprint density at radius 3 is 2.00 bits per heavy atom. The minimum atomic E-state index is -5.07. The molecule has 0 atom stereocenters. The highest BCUT2D eigenvalue weighted by molar-refractivity contribution is 5.96. The molecule has 5 nitrogen and oxygen atoms in total. The average Bonchev–Trinajstić information content (AvgIpc) is 3.09. The fraction of sp³-hybridized carbons (Fsp3) is 0.250. The summed E-state index contributed by atoms with van der Waals surface area (Å²) in [6.07, 6.45) is -8.78. The van der Waals surface area contributed by atoms with E-state index < -0.39 is 47.4 Å². The second-order valence-electron chi connectivity index (χ2n) is 5.33. The van der Waals surface area contributed by atoms with Crippen LogP contribution in [0, 0.1) is 0 Å². The SMILES string of the molecule is O=C(CNC(=O)c1cc(C(F)(F)F)cc(C(F)(F)F)c1)NCc1ccco1. The molecule has 146 valence electrons. The van der Waals surface area contributed by atoms with Crippen molar-refractivity contribution in [2.75, 3.05) is 6.54 Å². The largest absolute Gasteiger partial charge is 0.467 e. The van der Waals surface area contributed by atoms with E-state index in [1.54, 1.807) is 12.1 Å². The number of alkyl halides is 6. The molecular weight excluding hydrogens is 382 g/mol. The molecule has 1 aromatic carbocycles. The highest BCUT2D eigenvalue weighted by Crippen LogP contribution is 2.36. The normalized spacial score (nSPS) is 11.9. The molecule has 0 saturated heterocycles. The van der Waals surface area contributed by atoms with Gasteiger partial charge in [-0.1, -0.05) is 0 Å². The fourth-order valence-corrected chi connectivity index (χ4v) is 2.01. The zero-order valence-corrected chi connectivity index (χ0v) is 13.4. The average molecular weight is 394 g/mol. The molecule has 2 amide bonds. The Bertz CT molecular complexity index is 780. The van der Waals surface area contributed by atoms with Gasteiger partial charge in [-0.3, -0.25) is 9.59 Å². The van der Waals surface area contributed by atoms with Crippen molar-refractivity contribution in [3.8, 4) is 0 Å². The number of amides is 2. The molecule has 0 spiro atoms. The first kappa shape index (κ1) is 20.3. The summed E-state index contributed by atoms with van der Waals surface area (Å²) in [5.41, 5.74) is -4.11. The third-order valence-corrected chi connectivity index (χ3v) is 3.30. The smallest absolute Gasteiger partial charge is 0.416 e. The molecule has 2 N–H and O–H groups in total. The second kappa shape index (κ2) is 7.72. The Morgan fingerprint density at radius 2 is 1.52 bits per heavy atom. The zero-order chi connectivity index (χ0) is 20.2. The third-order valence-electron chi connectivity index (χ3n) is 3.30. The van der Waals surface area contributed by atoms with E-state index >= 15 is 0 Å². The van der Waals surface area contributed by atoms with E-state index in [0.717, 1.165) is 0 Å². The Morgan fingerprint density at radius 1 is 0.926 bits per heavy atom. The molecule has 2 aromatic rings. The van der Waals surface area contributed by atoms with Crippen LogP contribution in [0.15, 0.2) is 41.0 Å². The van der Waals surface area contributed by atoms with Crippen LogP contribution in [0.25, 0.3) is 0 Å². The molecule has 0 bridgehead atoms. The summed E-state index contributed by atoms with van der Waals surface area (Å²) < 4.78 is 81.6. The van der Waals surface area contributed by atoms with Crippen molar-refractivity contribution < 1.29 is 40.3 Å². The van der Waals surface area contributed by atoms with Crippen molar-refractivity contribution >= 4 is 11.8 Å². The molecule has 0 aliphatic carbocycles. The molecule has 0 radical (unpaired) electrons. The van der Waals surface area contributed by atoms with Gasteiger partial charge in [0.2, 0.25) is 5.91 Å². The highest BCUT2D eigenvalue weighted by atomic mass is 19.4. The Labute approximate surface area is 148 Å². The van der Waals surface area contributed by atoms with Crippen LogP contribution in [0.5, 0.6) is 0 Å². The number of hydrogen-bond acceptors (Lipinski definition) is 3. The van der Waals surface area contributed by atoms with Crippen LogP contribution in [-0.4, -0.2) is 18.4 Å². The number of hydrogen-bond donors (Lipinski definition) is 2. The lowest BCUT2D eigenvalue weighted by Crippen LogP contribution is -2.36. The minimum Gasteiger partial charge on any atom is -0.467 e. The first-order valence-electron chi connectivity index (χ1n) is 7.33. The van der Waals surface area contributed by atoms with E-state index in [9.17, 15) is 35.9 Å². The van der Waals surface area contributed by atoms with Crippen molar-refractivity contribution in [2.45, 2.75) is 18.9 Å². The van der Waals surface area contributed by atoms with Gasteiger partial charge >= 0.3 is 12.4 Å². The lowest BCUT2D eigenvalue weighted by atomic mass is 10.0. The quantitative estimate of drug-likeness (QED) is 0.764. The topological polar surface area (TPSA) is 71.3 Å². The van der Waals surface area contributed by atoms with E-state index in [4.69, 9.17) is 4.42 Å². The van der Waals surface area contributed by atoms with Crippen molar-refractivity contribution in [3.05, 3.63) is 59.0 Å². The van der Waals surface area contributed by atoms with Gasteiger partial charge in [0.25, 0.3) is 5.91 Å². The van der Waals surface area contributed by atoms with Crippen LogP contribution in [0.2, 0.25) is 0 Å². The van der Waals surface area contributed by atoms with Crippen LogP contribution in [0.4, 0.5) is 26.3 Å². The Balaban J connectivity index is 2.07. The van der Waals surface area contributed by atoms with E-state index in [-0.39, 0.29) is 24.7 Å². The number of nitrogens with one attached hydrogen (secondary N) is 2. The number of benzene rings is 1. The lowest BCUT2D eigenvalue weighted by Gasteiger charge is -2.14. The second-order valence-corrected chi connectivity index (χ2v) is 5.33. The monoisotopic (exact) mass is 394 g/mol. The number of carbonyl (C=O) groups is 2. The standard InChI is InChI=1S/C16H12F6N2O3/c17-15(18,19)10-4-9(5-11(6-10)16(20,21)22)14(26)24-8-13(25)23-7-12-2-1-3-27-12/h1-6H,7-8H2,(H,23,25)(H,24,26). The van der Waals surface area contributed by atoms with Gasteiger partial charge in [-0.05, 0) is 30.3 Å². The Kier molecular flexibility index (Phi) is 5.82. The summed E-state index contributed by atoms with van der Waals surface area (Å²) in [4.78, 5) is 23.5. The summed E-state index contributed by atoms with van der Waals surface area (Å²) in [6, 6.07) is 3.62. The zero-order valence-electron chi connectivity index (χ0n) is 13.4. The summed E-state index contributed by atoms with van der Waals surface area (Å²) in [7, 11) is 0. The van der Waals surface area contributed by atoms with Gasteiger partial charge in [-0.15, -0.1) is 0 Å². The van der Waals surface area contributed by atoms with Crippen LogP contribution in [0.3, 0.4) is 0 Å². The van der Waals surface area contributed by atoms with Gasteiger partial charge in [0.1, 0.15) is 5.76 Å². The van der Waals surface area contributed by atoms with Gasteiger partial charge in [0.05, 0.1) is 30.5 Å². The van der Waals surface area contributed by atoms with Crippen molar-refractivity contribution in [2.24, 2.45) is 0 Å². The maximum atomic E-state index is 12.8. The first-order chi connectivity index (χ1) is 12.5. The Hall–Kier alpha value is -2.98. The van der Waals surface area contributed by atoms with Crippen molar-refractivity contribution in [1.82, 2.24) is 10.6 Å². The number of furan rings is 1. The minimum absolute atomic E-state index is 0.00346. The molecule has 1 aromatic heterocycles. The molecule has 2 rings (SSSR count). The van der Waals surface area contributed by atoms with Crippen molar-refractivity contribution in [3.63, 3.8) is 0 Å².